The third kappa shape index (κ3) is 1.67. The predicted octanol–water partition coefficient (Wildman–Crippen LogP) is 3.35. The van der Waals surface area contributed by atoms with Crippen LogP contribution in [-0.4, -0.2) is 44.8 Å². The highest BCUT2D eigenvalue weighted by Gasteiger charge is 2.72. The molecule has 1 aromatic heterocycles. The Morgan fingerprint density at radius 3 is 3.00 bits per heavy atom. The summed E-state index contributed by atoms with van der Waals surface area (Å²) in [7, 11) is 0. The number of phenols is 1. The zero-order valence-corrected chi connectivity index (χ0v) is 16.7. The lowest BCUT2D eigenvalue weighted by Gasteiger charge is -2.62. The summed E-state index contributed by atoms with van der Waals surface area (Å²) in [6.45, 7) is 5.59. The van der Waals surface area contributed by atoms with E-state index in [1.54, 1.807) is 6.07 Å². The van der Waals surface area contributed by atoms with Crippen LogP contribution in [0.15, 0.2) is 49.1 Å². The standard InChI is InChI=1S/C25H24N2O3/c1-2-10-27-11-9-24-20-14-7-8-18(28)22(20)30-23(24)21-16(13-25(24,29)19(27)12-14)15-5-3-4-6-17(15)26-21/h2-8,19,23,26,28-29H,1,9-13H2/t19?,23-,24-,25+/m0/s1. The van der Waals surface area contributed by atoms with E-state index in [4.69, 9.17) is 4.74 Å². The Morgan fingerprint density at radius 1 is 1.27 bits per heavy atom. The molecule has 2 bridgehead atoms. The number of piperidine rings is 1. The number of aromatic nitrogens is 1. The highest BCUT2D eigenvalue weighted by Crippen LogP contribution is 2.68. The molecule has 1 fully saturated rings. The molecule has 5 heteroatoms. The van der Waals surface area contributed by atoms with Crippen LogP contribution in [0.3, 0.4) is 0 Å². The van der Waals surface area contributed by atoms with E-state index in [0.29, 0.717) is 12.2 Å². The lowest BCUT2D eigenvalue weighted by atomic mass is 9.49. The molecule has 0 amide bonds. The predicted molar refractivity (Wildman–Crippen MR) is 114 cm³/mol. The number of benzene rings is 2. The van der Waals surface area contributed by atoms with Crippen molar-refractivity contribution in [2.45, 2.75) is 42.4 Å². The largest absolute Gasteiger partial charge is 0.504 e. The first-order chi connectivity index (χ1) is 14.6. The van der Waals surface area contributed by atoms with Crippen LogP contribution in [0.4, 0.5) is 0 Å². The number of aromatic amines is 1. The molecule has 1 unspecified atom stereocenters. The van der Waals surface area contributed by atoms with E-state index in [1.165, 1.54) is 5.56 Å². The fourth-order valence-corrected chi connectivity index (χ4v) is 7.11. The maximum atomic E-state index is 12.6. The third-order valence-electron chi connectivity index (χ3n) is 8.24. The van der Waals surface area contributed by atoms with Gasteiger partial charge in [-0.3, -0.25) is 4.90 Å². The molecule has 0 radical (unpaired) electrons. The highest BCUT2D eigenvalue weighted by molar-refractivity contribution is 5.86. The van der Waals surface area contributed by atoms with E-state index < -0.39 is 11.0 Å². The summed E-state index contributed by atoms with van der Waals surface area (Å²) >= 11 is 0. The van der Waals surface area contributed by atoms with Gasteiger partial charge in [-0.05, 0) is 36.1 Å². The van der Waals surface area contributed by atoms with Gasteiger partial charge in [0.1, 0.15) is 0 Å². The number of H-pyrrole nitrogens is 1. The fourth-order valence-electron chi connectivity index (χ4n) is 7.11. The normalized spacial score (nSPS) is 33.1. The summed E-state index contributed by atoms with van der Waals surface area (Å²) in [5.74, 6) is 0.738. The van der Waals surface area contributed by atoms with Gasteiger partial charge in [0.05, 0.1) is 16.7 Å². The van der Waals surface area contributed by atoms with Crippen molar-refractivity contribution in [3.05, 3.63) is 71.4 Å². The minimum absolute atomic E-state index is 0.0137. The Morgan fingerprint density at radius 2 is 2.13 bits per heavy atom. The molecule has 0 saturated carbocycles. The molecule has 4 atom stereocenters. The molecule has 30 heavy (non-hydrogen) atoms. The van der Waals surface area contributed by atoms with Crippen LogP contribution in [0, 0.1) is 0 Å². The van der Waals surface area contributed by atoms with Crippen molar-refractivity contribution in [1.82, 2.24) is 9.88 Å². The van der Waals surface area contributed by atoms with E-state index in [0.717, 1.165) is 53.7 Å². The summed E-state index contributed by atoms with van der Waals surface area (Å²) < 4.78 is 6.55. The van der Waals surface area contributed by atoms with Crippen molar-refractivity contribution in [3.63, 3.8) is 0 Å². The summed E-state index contributed by atoms with van der Waals surface area (Å²) in [6, 6.07) is 12.0. The molecule has 3 heterocycles. The maximum Gasteiger partial charge on any atom is 0.166 e. The molecular formula is C25H24N2O3. The van der Waals surface area contributed by atoms with Crippen LogP contribution < -0.4 is 4.74 Å². The van der Waals surface area contributed by atoms with Gasteiger partial charge in [-0.2, -0.15) is 0 Å². The first-order valence-corrected chi connectivity index (χ1v) is 10.8. The van der Waals surface area contributed by atoms with Crippen LogP contribution in [0.2, 0.25) is 0 Å². The molecule has 7 rings (SSSR count). The summed E-state index contributed by atoms with van der Waals surface area (Å²) in [6.07, 6.45) is 3.73. The number of fused-ring (bicyclic) bond motifs is 4. The van der Waals surface area contributed by atoms with E-state index in [1.807, 2.05) is 24.3 Å². The van der Waals surface area contributed by atoms with Crippen molar-refractivity contribution in [1.29, 1.82) is 0 Å². The first kappa shape index (κ1) is 17.0. The monoisotopic (exact) mass is 400 g/mol. The van der Waals surface area contributed by atoms with Gasteiger partial charge in [-0.25, -0.2) is 0 Å². The van der Waals surface area contributed by atoms with E-state index in [9.17, 15) is 10.2 Å². The Bertz CT molecular complexity index is 1250. The summed E-state index contributed by atoms with van der Waals surface area (Å²) in [5, 5.41) is 24.4. The second-order valence-electron chi connectivity index (χ2n) is 9.33. The molecule has 5 nitrogen and oxygen atoms in total. The van der Waals surface area contributed by atoms with Crippen LogP contribution in [0.25, 0.3) is 10.9 Å². The molecule has 1 spiro atoms. The van der Waals surface area contributed by atoms with Crippen LogP contribution in [0.5, 0.6) is 11.5 Å². The van der Waals surface area contributed by atoms with Gasteiger partial charge in [-0.1, -0.05) is 30.3 Å². The number of para-hydroxylation sites is 1. The van der Waals surface area contributed by atoms with Gasteiger partial charge >= 0.3 is 0 Å². The molecule has 1 saturated heterocycles. The fraction of sp³-hybridized carbons (Fsp3) is 0.360. The number of nitrogens with one attached hydrogen (secondary N) is 1. The zero-order chi connectivity index (χ0) is 20.3. The molecule has 4 aliphatic rings. The van der Waals surface area contributed by atoms with Gasteiger partial charge in [0.2, 0.25) is 0 Å². The Kier molecular flexibility index (Phi) is 2.99. The molecule has 3 aromatic rings. The number of phenolic OH excluding ortho intramolecular Hbond substituents is 1. The number of aromatic hydroxyl groups is 1. The highest BCUT2D eigenvalue weighted by atomic mass is 16.5. The number of nitrogens with zero attached hydrogens (tertiary/aromatic N) is 1. The van der Waals surface area contributed by atoms with Gasteiger partial charge in [0.15, 0.2) is 17.6 Å². The number of hydrogen-bond donors (Lipinski definition) is 3. The van der Waals surface area contributed by atoms with Crippen molar-refractivity contribution >= 4 is 10.9 Å². The van der Waals surface area contributed by atoms with Crippen LogP contribution >= 0.6 is 0 Å². The van der Waals surface area contributed by atoms with Crippen LogP contribution in [0.1, 0.15) is 34.9 Å². The van der Waals surface area contributed by atoms with Crippen molar-refractivity contribution in [2.75, 3.05) is 13.1 Å². The zero-order valence-electron chi connectivity index (χ0n) is 16.7. The summed E-state index contributed by atoms with van der Waals surface area (Å²) in [5.41, 5.74) is 3.98. The molecule has 152 valence electrons. The lowest BCUT2D eigenvalue weighted by molar-refractivity contribution is -0.170. The Balaban J connectivity index is 1.57. The van der Waals surface area contributed by atoms with Gasteiger partial charge < -0.3 is 19.9 Å². The first-order valence-electron chi connectivity index (χ1n) is 10.8. The lowest BCUT2D eigenvalue weighted by Crippen LogP contribution is -2.74. The second kappa shape index (κ2) is 5.29. The van der Waals surface area contributed by atoms with E-state index in [-0.39, 0.29) is 17.9 Å². The van der Waals surface area contributed by atoms with Crippen molar-refractivity contribution < 1.29 is 14.9 Å². The second-order valence-corrected chi connectivity index (χ2v) is 9.33. The van der Waals surface area contributed by atoms with Gasteiger partial charge in [0, 0.05) is 42.0 Å². The molecule has 2 aliphatic heterocycles. The quantitative estimate of drug-likeness (QED) is 0.577. The maximum absolute atomic E-state index is 12.6. The van der Waals surface area contributed by atoms with Crippen molar-refractivity contribution in [3.8, 4) is 11.5 Å². The SMILES string of the molecule is C=CCN1CC[C@]23c4c5ccc(O)c4O[C@H]2c2[nH]c4ccccc4c2C[C@@]3(O)C1C5. The average Bonchev–Trinajstić information content (AvgIpc) is 3.27. The van der Waals surface area contributed by atoms with Gasteiger partial charge in [0.25, 0.3) is 0 Å². The average molecular weight is 400 g/mol. The summed E-state index contributed by atoms with van der Waals surface area (Å²) in [4.78, 5) is 5.99. The number of likely N-dealkylation sites (tertiary alicyclic amines) is 1. The van der Waals surface area contributed by atoms with E-state index >= 15 is 0 Å². The number of ether oxygens (including phenoxy) is 1. The molecule has 2 aliphatic carbocycles. The topological polar surface area (TPSA) is 68.7 Å². The minimum Gasteiger partial charge on any atom is -0.504 e. The number of rotatable bonds is 2. The third-order valence-corrected chi connectivity index (χ3v) is 8.24. The van der Waals surface area contributed by atoms with E-state index in [2.05, 4.69) is 28.6 Å². The smallest absolute Gasteiger partial charge is 0.166 e. The molecule has 2 aromatic carbocycles. The minimum atomic E-state index is -0.969. The molecule has 3 N–H and O–H groups in total. The van der Waals surface area contributed by atoms with Crippen LogP contribution in [-0.2, 0) is 18.3 Å². The molecular weight excluding hydrogens is 376 g/mol. The Labute approximate surface area is 174 Å². The van der Waals surface area contributed by atoms with Crippen molar-refractivity contribution in [2.24, 2.45) is 0 Å². The van der Waals surface area contributed by atoms with Gasteiger partial charge in [-0.15, -0.1) is 6.58 Å². The Hall–Kier alpha value is -2.76. The number of hydrogen-bond acceptors (Lipinski definition) is 4. The number of aliphatic hydroxyl groups is 1.